The topological polar surface area (TPSA) is 68.2 Å². The highest BCUT2D eigenvalue weighted by Crippen LogP contribution is 2.37. The standard InChI is InChI=1S/C19H21ClN4S/c20-16-9-12(11-24-5-3-13(21)4-6-24)8-14-15(17-2-1-7-25-17)10-23-19(22)18(14)16/h1-2,7-10,13H,3-6,11,21H2,(H2,22,23). The number of aromatic nitrogens is 1. The van der Waals surface area contributed by atoms with Crippen molar-refractivity contribution in [3.05, 3.63) is 46.4 Å². The highest BCUT2D eigenvalue weighted by molar-refractivity contribution is 7.13. The van der Waals surface area contributed by atoms with Crippen LogP contribution >= 0.6 is 22.9 Å². The lowest BCUT2D eigenvalue weighted by molar-refractivity contribution is 0.206. The Morgan fingerprint density at radius 1 is 1.28 bits per heavy atom. The molecule has 1 aliphatic heterocycles. The van der Waals surface area contributed by atoms with Crippen LogP contribution in [0.4, 0.5) is 5.82 Å². The van der Waals surface area contributed by atoms with Gasteiger partial charge >= 0.3 is 0 Å². The zero-order valence-corrected chi connectivity index (χ0v) is 15.5. The lowest BCUT2D eigenvalue weighted by Crippen LogP contribution is -2.39. The average Bonchev–Trinajstić information content (AvgIpc) is 3.11. The number of rotatable bonds is 3. The molecule has 0 radical (unpaired) electrons. The summed E-state index contributed by atoms with van der Waals surface area (Å²) < 4.78 is 0. The largest absolute Gasteiger partial charge is 0.383 e. The van der Waals surface area contributed by atoms with Crippen LogP contribution in [0.3, 0.4) is 0 Å². The number of likely N-dealkylation sites (tertiary alicyclic amines) is 1. The number of nitrogens with two attached hydrogens (primary N) is 2. The lowest BCUT2D eigenvalue weighted by Gasteiger charge is -2.30. The highest BCUT2D eigenvalue weighted by atomic mass is 35.5. The van der Waals surface area contributed by atoms with Gasteiger partial charge in [0.1, 0.15) is 5.82 Å². The van der Waals surface area contributed by atoms with Crippen molar-refractivity contribution in [3.8, 4) is 10.4 Å². The molecule has 0 spiro atoms. The normalized spacial score (nSPS) is 16.6. The van der Waals surface area contributed by atoms with Crippen molar-refractivity contribution in [1.82, 2.24) is 9.88 Å². The molecule has 3 aromatic rings. The maximum Gasteiger partial charge on any atom is 0.132 e. The van der Waals surface area contributed by atoms with Crippen molar-refractivity contribution < 1.29 is 0 Å². The van der Waals surface area contributed by atoms with Gasteiger partial charge in [0.05, 0.1) is 5.02 Å². The highest BCUT2D eigenvalue weighted by Gasteiger charge is 2.18. The molecule has 25 heavy (non-hydrogen) atoms. The van der Waals surface area contributed by atoms with Crippen molar-refractivity contribution in [2.75, 3.05) is 18.8 Å². The van der Waals surface area contributed by atoms with Gasteiger partial charge in [-0.05, 0) is 60.5 Å². The monoisotopic (exact) mass is 372 g/mol. The van der Waals surface area contributed by atoms with Gasteiger partial charge in [-0.25, -0.2) is 4.98 Å². The second-order valence-corrected chi connectivity index (χ2v) is 8.00. The molecule has 1 saturated heterocycles. The smallest absolute Gasteiger partial charge is 0.132 e. The third kappa shape index (κ3) is 3.37. The van der Waals surface area contributed by atoms with Crippen molar-refractivity contribution in [2.45, 2.75) is 25.4 Å². The summed E-state index contributed by atoms with van der Waals surface area (Å²) in [7, 11) is 0. The van der Waals surface area contributed by atoms with Gasteiger partial charge in [0.15, 0.2) is 0 Å². The molecule has 4 N–H and O–H groups in total. The van der Waals surface area contributed by atoms with E-state index in [-0.39, 0.29) is 0 Å². The first kappa shape index (κ1) is 16.8. The summed E-state index contributed by atoms with van der Waals surface area (Å²) in [5.41, 5.74) is 14.4. The fraction of sp³-hybridized carbons (Fsp3) is 0.316. The molecule has 1 aromatic carbocycles. The zero-order valence-electron chi connectivity index (χ0n) is 13.9. The molecule has 0 amide bonds. The second kappa shape index (κ2) is 6.92. The number of piperidine rings is 1. The van der Waals surface area contributed by atoms with Gasteiger partial charge in [-0.15, -0.1) is 11.3 Å². The molecule has 4 rings (SSSR count). The molecule has 6 heteroatoms. The van der Waals surface area contributed by atoms with E-state index in [1.165, 1.54) is 10.4 Å². The van der Waals surface area contributed by atoms with E-state index in [0.29, 0.717) is 16.9 Å². The predicted octanol–water partition coefficient (Wildman–Crippen LogP) is 4.12. The Labute approximate surface area is 156 Å². The van der Waals surface area contributed by atoms with Crippen LogP contribution in [0.5, 0.6) is 0 Å². The van der Waals surface area contributed by atoms with Gasteiger partial charge < -0.3 is 11.5 Å². The van der Waals surface area contributed by atoms with Gasteiger partial charge in [-0.3, -0.25) is 4.90 Å². The van der Waals surface area contributed by atoms with E-state index >= 15 is 0 Å². The SMILES string of the molecule is Nc1ncc(-c2cccs2)c2cc(CN3CCC(N)CC3)cc(Cl)c12. The van der Waals surface area contributed by atoms with Crippen molar-refractivity contribution in [2.24, 2.45) is 5.73 Å². The number of benzene rings is 1. The molecule has 0 bridgehead atoms. The van der Waals surface area contributed by atoms with Crippen LogP contribution in [0, 0.1) is 0 Å². The van der Waals surface area contributed by atoms with Crippen LogP contribution in [0.2, 0.25) is 5.02 Å². The van der Waals surface area contributed by atoms with Gasteiger partial charge in [0.2, 0.25) is 0 Å². The number of fused-ring (bicyclic) bond motifs is 1. The maximum absolute atomic E-state index is 6.59. The van der Waals surface area contributed by atoms with E-state index < -0.39 is 0 Å². The Bertz CT molecular complexity index is 886. The van der Waals surface area contributed by atoms with Crippen LogP contribution in [0.15, 0.2) is 35.8 Å². The summed E-state index contributed by atoms with van der Waals surface area (Å²) in [6.45, 7) is 2.95. The van der Waals surface area contributed by atoms with Crippen LogP contribution in [-0.4, -0.2) is 29.0 Å². The number of thiophene rings is 1. The van der Waals surface area contributed by atoms with Gasteiger partial charge in [-0.2, -0.15) is 0 Å². The Morgan fingerprint density at radius 3 is 2.80 bits per heavy atom. The van der Waals surface area contributed by atoms with Crippen LogP contribution in [-0.2, 0) is 6.54 Å². The van der Waals surface area contributed by atoms with E-state index in [0.717, 1.165) is 48.8 Å². The molecule has 3 heterocycles. The van der Waals surface area contributed by atoms with Gasteiger partial charge in [-0.1, -0.05) is 17.7 Å². The minimum Gasteiger partial charge on any atom is -0.383 e. The third-order valence-corrected chi connectivity index (χ3v) is 6.06. The maximum atomic E-state index is 6.59. The minimum atomic E-state index is 0.341. The Kier molecular flexibility index (Phi) is 4.65. The molecule has 0 aliphatic carbocycles. The Morgan fingerprint density at radius 2 is 2.08 bits per heavy atom. The molecule has 4 nitrogen and oxygen atoms in total. The van der Waals surface area contributed by atoms with Crippen molar-refractivity contribution >= 4 is 39.5 Å². The van der Waals surface area contributed by atoms with E-state index in [1.807, 2.05) is 18.3 Å². The summed E-state index contributed by atoms with van der Waals surface area (Å²) >= 11 is 8.28. The third-order valence-electron chi connectivity index (χ3n) is 4.85. The lowest BCUT2D eigenvalue weighted by atomic mass is 10.0. The first-order valence-electron chi connectivity index (χ1n) is 8.50. The fourth-order valence-electron chi connectivity index (χ4n) is 3.49. The molecule has 130 valence electrons. The number of hydrogen-bond donors (Lipinski definition) is 2. The van der Waals surface area contributed by atoms with Crippen LogP contribution in [0.1, 0.15) is 18.4 Å². The van der Waals surface area contributed by atoms with E-state index in [4.69, 9.17) is 23.1 Å². The number of nitrogens with zero attached hydrogens (tertiary/aromatic N) is 2. The van der Waals surface area contributed by atoms with Crippen molar-refractivity contribution in [1.29, 1.82) is 0 Å². The van der Waals surface area contributed by atoms with Crippen molar-refractivity contribution in [3.63, 3.8) is 0 Å². The number of nitrogen functional groups attached to an aromatic ring is 1. The van der Waals surface area contributed by atoms with Gasteiger partial charge in [0.25, 0.3) is 0 Å². The molecule has 2 aromatic heterocycles. The van der Waals surface area contributed by atoms with E-state index in [2.05, 4.69) is 27.4 Å². The summed E-state index contributed by atoms with van der Waals surface area (Å²) in [6.07, 6.45) is 3.96. The van der Waals surface area contributed by atoms with E-state index in [1.54, 1.807) is 11.3 Å². The molecule has 1 fully saturated rings. The van der Waals surface area contributed by atoms with Gasteiger partial charge in [0, 0.05) is 34.6 Å². The first-order chi connectivity index (χ1) is 12.1. The summed E-state index contributed by atoms with van der Waals surface area (Å²) in [5.74, 6) is 0.482. The number of pyridine rings is 1. The van der Waals surface area contributed by atoms with Crippen LogP contribution in [0.25, 0.3) is 21.2 Å². The molecule has 0 atom stereocenters. The fourth-order valence-corrected chi connectivity index (χ4v) is 4.58. The quantitative estimate of drug-likeness (QED) is 0.725. The van der Waals surface area contributed by atoms with Crippen LogP contribution < -0.4 is 11.5 Å². The molecular formula is C19H21ClN4S. The molecule has 1 aliphatic rings. The van der Waals surface area contributed by atoms with E-state index in [9.17, 15) is 0 Å². The predicted molar refractivity (Wildman–Crippen MR) is 107 cm³/mol. The molecular weight excluding hydrogens is 352 g/mol. The number of halogens is 1. The first-order valence-corrected chi connectivity index (χ1v) is 9.76. The summed E-state index contributed by atoms with van der Waals surface area (Å²) in [4.78, 5) is 7.97. The number of anilines is 1. The second-order valence-electron chi connectivity index (χ2n) is 6.65. The molecule has 0 unspecified atom stereocenters. The Balaban J connectivity index is 1.76. The zero-order chi connectivity index (χ0) is 17.4. The average molecular weight is 373 g/mol. The minimum absolute atomic E-state index is 0.341. The number of hydrogen-bond acceptors (Lipinski definition) is 5. The summed E-state index contributed by atoms with van der Waals surface area (Å²) in [6, 6.07) is 8.72. The molecule has 0 saturated carbocycles. The summed E-state index contributed by atoms with van der Waals surface area (Å²) in [5, 5.41) is 4.66. The Hall–Kier alpha value is -1.66.